The Bertz CT molecular complexity index is 418. The van der Waals surface area contributed by atoms with Crippen molar-refractivity contribution in [2.24, 2.45) is 0 Å². The average Bonchev–Trinajstić information content (AvgIpc) is 2.33. The second-order valence-corrected chi connectivity index (χ2v) is 4.31. The van der Waals surface area contributed by atoms with Gasteiger partial charge in [0, 0.05) is 6.20 Å². The summed E-state index contributed by atoms with van der Waals surface area (Å²) in [6, 6.07) is 3.61. The molecule has 0 radical (unpaired) electrons. The molecule has 4 heteroatoms. The van der Waals surface area contributed by atoms with E-state index in [0.717, 1.165) is 5.56 Å². The number of hydrogen-bond donors (Lipinski definition) is 1. The Labute approximate surface area is 94.3 Å². The molecule has 1 aromatic rings. The van der Waals surface area contributed by atoms with E-state index in [0.29, 0.717) is 18.5 Å². The molecule has 0 saturated carbocycles. The predicted molar refractivity (Wildman–Crippen MR) is 57.8 cm³/mol. The minimum absolute atomic E-state index is 0.270. The largest absolute Gasteiger partial charge is 0.468 e. The first kappa shape index (κ1) is 11.1. The van der Waals surface area contributed by atoms with E-state index in [4.69, 9.17) is 4.74 Å². The fourth-order valence-electron chi connectivity index (χ4n) is 2.28. The van der Waals surface area contributed by atoms with Crippen LogP contribution in [0.25, 0.3) is 0 Å². The third-order valence-electron chi connectivity index (χ3n) is 3.30. The molecule has 1 N–H and O–H groups in total. The molecule has 0 aromatic carbocycles. The van der Waals surface area contributed by atoms with Crippen molar-refractivity contribution in [3.05, 3.63) is 29.6 Å². The van der Waals surface area contributed by atoms with Gasteiger partial charge in [0.05, 0.1) is 24.3 Å². The Morgan fingerprint density at radius 3 is 3.12 bits per heavy atom. The van der Waals surface area contributed by atoms with Gasteiger partial charge in [-0.1, -0.05) is 6.07 Å². The summed E-state index contributed by atoms with van der Waals surface area (Å²) in [7, 11) is 1.38. The van der Waals surface area contributed by atoms with Crippen molar-refractivity contribution in [1.82, 2.24) is 4.98 Å². The Kier molecular flexibility index (Phi) is 2.68. The molecule has 0 spiro atoms. The Morgan fingerprint density at radius 1 is 1.69 bits per heavy atom. The molecular weight excluding hydrogens is 206 g/mol. The zero-order valence-electron chi connectivity index (χ0n) is 9.43. The summed E-state index contributed by atoms with van der Waals surface area (Å²) >= 11 is 0. The van der Waals surface area contributed by atoms with Crippen LogP contribution in [0.2, 0.25) is 0 Å². The fourth-order valence-corrected chi connectivity index (χ4v) is 2.28. The molecular formula is C12H15NO3. The monoisotopic (exact) mass is 221 g/mol. The van der Waals surface area contributed by atoms with E-state index in [2.05, 4.69) is 4.98 Å². The minimum atomic E-state index is -0.683. The van der Waals surface area contributed by atoms with Gasteiger partial charge >= 0.3 is 5.97 Å². The van der Waals surface area contributed by atoms with Crippen LogP contribution < -0.4 is 0 Å². The Morgan fingerprint density at radius 2 is 2.44 bits per heavy atom. The zero-order chi connectivity index (χ0) is 11.8. The maximum absolute atomic E-state index is 11.8. The molecule has 0 saturated heterocycles. The molecule has 0 amide bonds. The molecule has 0 fully saturated rings. The van der Waals surface area contributed by atoms with Crippen molar-refractivity contribution < 1.29 is 14.6 Å². The quantitative estimate of drug-likeness (QED) is 0.727. The maximum Gasteiger partial charge on any atom is 0.316 e. The summed E-state index contributed by atoms with van der Waals surface area (Å²) in [6.45, 7) is 1.84. The Hall–Kier alpha value is -1.42. The number of rotatable bonds is 1. The number of ether oxygens (including phenoxy) is 1. The van der Waals surface area contributed by atoms with Gasteiger partial charge in [0.25, 0.3) is 0 Å². The standard InChI is InChI=1S/C12H15NO3/c1-12(11(15)16-2)6-5-9(14)10-8(12)4-3-7-13-10/h3-4,7,9,14H,5-6H2,1-2H3/t9-,12+/m0/s1. The number of hydrogen-bond acceptors (Lipinski definition) is 4. The first-order valence-electron chi connectivity index (χ1n) is 5.31. The number of pyridine rings is 1. The molecule has 1 aromatic heterocycles. The van der Waals surface area contributed by atoms with Gasteiger partial charge < -0.3 is 9.84 Å². The number of aromatic nitrogens is 1. The number of carbonyl (C=O) groups excluding carboxylic acids is 1. The molecule has 4 nitrogen and oxygen atoms in total. The van der Waals surface area contributed by atoms with E-state index in [1.54, 1.807) is 12.3 Å². The molecule has 1 aliphatic rings. The molecule has 1 aliphatic carbocycles. The summed E-state index contributed by atoms with van der Waals surface area (Å²) in [6.07, 6.45) is 2.18. The second kappa shape index (κ2) is 3.87. The SMILES string of the molecule is COC(=O)[C@]1(C)CC[C@H](O)c2ncccc21. The van der Waals surface area contributed by atoms with Crippen molar-refractivity contribution in [1.29, 1.82) is 0 Å². The van der Waals surface area contributed by atoms with Crippen LogP contribution in [-0.4, -0.2) is 23.2 Å². The van der Waals surface area contributed by atoms with Crippen LogP contribution in [0.1, 0.15) is 37.1 Å². The summed E-state index contributed by atoms with van der Waals surface area (Å²) in [4.78, 5) is 16.0. The predicted octanol–water partition coefficient (Wildman–Crippen LogP) is 1.34. The van der Waals surface area contributed by atoms with Crippen LogP contribution in [0.5, 0.6) is 0 Å². The molecule has 2 atom stereocenters. The molecule has 2 rings (SSSR count). The fraction of sp³-hybridized carbons (Fsp3) is 0.500. The maximum atomic E-state index is 11.8. The van der Waals surface area contributed by atoms with Gasteiger partial charge in [0.15, 0.2) is 0 Å². The first-order valence-corrected chi connectivity index (χ1v) is 5.31. The number of methoxy groups -OCH3 is 1. The number of nitrogens with zero attached hydrogens (tertiary/aromatic N) is 1. The third kappa shape index (κ3) is 1.50. The van der Waals surface area contributed by atoms with E-state index < -0.39 is 11.5 Å². The topological polar surface area (TPSA) is 59.4 Å². The van der Waals surface area contributed by atoms with Crippen molar-refractivity contribution in [2.75, 3.05) is 7.11 Å². The minimum Gasteiger partial charge on any atom is -0.468 e. The van der Waals surface area contributed by atoms with E-state index in [9.17, 15) is 9.90 Å². The summed E-state index contributed by atoms with van der Waals surface area (Å²) in [5.74, 6) is -0.270. The van der Waals surface area contributed by atoms with Crippen LogP contribution in [0.4, 0.5) is 0 Å². The van der Waals surface area contributed by atoms with Gasteiger partial charge in [-0.25, -0.2) is 0 Å². The number of aliphatic hydroxyl groups is 1. The van der Waals surface area contributed by atoms with Gasteiger partial charge in [-0.2, -0.15) is 0 Å². The van der Waals surface area contributed by atoms with Crippen LogP contribution in [0.15, 0.2) is 18.3 Å². The van der Waals surface area contributed by atoms with Crippen molar-refractivity contribution in [3.8, 4) is 0 Å². The molecule has 0 bridgehead atoms. The zero-order valence-corrected chi connectivity index (χ0v) is 9.43. The lowest BCUT2D eigenvalue weighted by Gasteiger charge is -2.34. The van der Waals surface area contributed by atoms with Gasteiger partial charge in [-0.05, 0) is 31.4 Å². The lowest BCUT2D eigenvalue weighted by molar-refractivity contribution is -0.148. The van der Waals surface area contributed by atoms with E-state index in [1.165, 1.54) is 7.11 Å². The first-order chi connectivity index (χ1) is 7.59. The second-order valence-electron chi connectivity index (χ2n) is 4.31. The highest BCUT2D eigenvalue weighted by atomic mass is 16.5. The van der Waals surface area contributed by atoms with Crippen molar-refractivity contribution >= 4 is 5.97 Å². The van der Waals surface area contributed by atoms with E-state index >= 15 is 0 Å². The van der Waals surface area contributed by atoms with Crippen molar-refractivity contribution in [3.63, 3.8) is 0 Å². The molecule has 0 aliphatic heterocycles. The molecule has 1 heterocycles. The molecule has 16 heavy (non-hydrogen) atoms. The van der Waals surface area contributed by atoms with Crippen molar-refractivity contribution in [2.45, 2.75) is 31.3 Å². The van der Waals surface area contributed by atoms with E-state index in [1.807, 2.05) is 13.0 Å². The summed E-state index contributed by atoms with van der Waals surface area (Å²) < 4.78 is 4.84. The lowest BCUT2D eigenvalue weighted by atomic mass is 9.72. The van der Waals surface area contributed by atoms with Gasteiger partial charge in [-0.15, -0.1) is 0 Å². The number of aliphatic hydroxyl groups excluding tert-OH is 1. The highest BCUT2D eigenvalue weighted by Crippen LogP contribution is 2.41. The molecule has 86 valence electrons. The van der Waals surface area contributed by atoms with E-state index in [-0.39, 0.29) is 5.97 Å². The lowest BCUT2D eigenvalue weighted by Crippen LogP contribution is -2.38. The molecule has 0 unspecified atom stereocenters. The number of fused-ring (bicyclic) bond motifs is 1. The average molecular weight is 221 g/mol. The van der Waals surface area contributed by atoms with Crippen LogP contribution in [-0.2, 0) is 14.9 Å². The summed E-state index contributed by atoms with van der Waals surface area (Å²) in [5.41, 5.74) is 0.694. The third-order valence-corrected chi connectivity index (χ3v) is 3.30. The van der Waals surface area contributed by atoms with Gasteiger partial charge in [0.1, 0.15) is 0 Å². The summed E-state index contributed by atoms with van der Waals surface area (Å²) in [5, 5.41) is 9.83. The highest BCUT2D eigenvalue weighted by molar-refractivity contribution is 5.83. The van der Waals surface area contributed by atoms with Crippen LogP contribution in [0.3, 0.4) is 0 Å². The van der Waals surface area contributed by atoms with Crippen LogP contribution in [0, 0.1) is 0 Å². The van der Waals surface area contributed by atoms with Crippen LogP contribution >= 0.6 is 0 Å². The normalized spacial score (nSPS) is 28.3. The smallest absolute Gasteiger partial charge is 0.316 e. The van der Waals surface area contributed by atoms with Gasteiger partial charge in [0.2, 0.25) is 0 Å². The van der Waals surface area contributed by atoms with Gasteiger partial charge in [-0.3, -0.25) is 9.78 Å². The number of carbonyl (C=O) groups is 1. The highest BCUT2D eigenvalue weighted by Gasteiger charge is 2.43. The Balaban J connectivity index is 2.53. The number of esters is 1.